The first-order chi connectivity index (χ1) is 18.3. The van der Waals surface area contributed by atoms with Crippen molar-refractivity contribution in [3.05, 3.63) is 76.3 Å². The molecular weight excluding hydrogens is 515 g/mol. The van der Waals surface area contributed by atoms with Gasteiger partial charge in [-0.3, -0.25) is 18.8 Å². The number of nitrogens with one attached hydrogen (secondary N) is 2. The van der Waals surface area contributed by atoms with Crippen LogP contribution in [-0.4, -0.2) is 38.1 Å². The van der Waals surface area contributed by atoms with Gasteiger partial charge in [0, 0.05) is 25.0 Å². The summed E-state index contributed by atoms with van der Waals surface area (Å²) in [7, 11) is 1.52. The second-order valence-corrected chi connectivity index (χ2v) is 9.48. The molecule has 4 rings (SSSR count). The van der Waals surface area contributed by atoms with Crippen LogP contribution in [0.3, 0.4) is 0 Å². The largest absolute Gasteiger partial charge is 0.416 e. The van der Waals surface area contributed by atoms with Crippen molar-refractivity contribution >= 4 is 40.4 Å². The van der Waals surface area contributed by atoms with Crippen LogP contribution in [0.4, 0.5) is 30.4 Å². The fourth-order valence-corrected chi connectivity index (χ4v) is 3.95. The van der Waals surface area contributed by atoms with Gasteiger partial charge in [0.25, 0.3) is 5.56 Å². The highest BCUT2D eigenvalue weighted by molar-refractivity contribution is 5.88. The number of amides is 1. The van der Waals surface area contributed by atoms with E-state index in [1.807, 2.05) is 0 Å². The standard InChI is InChI=1S/C26H26F3N7O3/c1-25(2,24(30)39)15-4-8-17(9-5-15)31-12-19(13-37)36-14-32-20-21(23(36)38)35(3)34-22(20)33-18-10-6-16(7-11-18)26(27,28)29/h4-11,13-14,19,31H,12H2,1-3H3,(H2,30,39)(H,33,34). The molecule has 1 atom stereocenters. The van der Waals surface area contributed by atoms with E-state index in [-0.39, 0.29) is 23.4 Å². The zero-order chi connectivity index (χ0) is 28.5. The van der Waals surface area contributed by atoms with E-state index in [2.05, 4.69) is 20.7 Å². The third-order valence-corrected chi connectivity index (χ3v) is 6.50. The molecule has 0 aliphatic rings. The minimum absolute atomic E-state index is 0.0731. The highest BCUT2D eigenvalue weighted by Crippen LogP contribution is 2.31. The molecular formula is C26H26F3N7O3. The Morgan fingerprint density at radius 1 is 1.05 bits per heavy atom. The SMILES string of the molecule is Cn1nc(Nc2ccc(C(F)(F)F)cc2)c2ncn(C(C=O)CNc3ccc(C(C)(C)C(N)=O)cc3)c(=O)c21. The summed E-state index contributed by atoms with van der Waals surface area (Å²) in [5.74, 6) is -0.282. The molecule has 0 saturated heterocycles. The summed E-state index contributed by atoms with van der Waals surface area (Å²) in [6.07, 6.45) is -2.62. The molecule has 2 heterocycles. The smallest absolute Gasteiger partial charge is 0.383 e. The number of benzene rings is 2. The number of aldehydes is 1. The monoisotopic (exact) mass is 541 g/mol. The molecule has 1 unspecified atom stereocenters. The quantitative estimate of drug-likeness (QED) is 0.276. The number of fused-ring (bicyclic) bond motifs is 1. The number of nitrogens with zero attached hydrogens (tertiary/aromatic N) is 4. The topological polar surface area (TPSA) is 137 Å². The molecule has 0 spiro atoms. The third kappa shape index (κ3) is 5.47. The van der Waals surface area contributed by atoms with Gasteiger partial charge >= 0.3 is 6.18 Å². The number of hydrogen-bond acceptors (Lipinski definition) is 7. The van der Waals surface area contributed by atoms with Crippen LogP contribution < -0.4 is 21.9 Å². The van der Waals surface area contributed by atoms with E-state index < -0.39 is 34.7 Å². The average molecular weight is 542 g/mol. The van der Waals surface area contributed by atoms with E-state index in [1.54, 1.807) is 38.1 Å². The lowest BCUT2D eigenvalue weighted by Crippen LogP contribution is -2.35. The van der Waals surface area contributed by atoms with Crippen LogP contribution in [0.1, 0.15) is 31.0 Å². The van der Waals surface area contributed by atoms with Gasteiger partial charge in [-0.25, -0.2) is 4.98 Å². The number of hydrogen-bond donors (Lipinski definition) is 3. The number of nitrogens with two attached hydrogens (primary N) is 1. The van der Waals surface area contributed by atoms with Gasteiger partial charge < -0.3 is 21.2 Å². The number of carbonyl (C=O) groups is 2. The number of rotatable bonds is 9. The van der Waals surface area contributed by atoms with Crippen LogP contribution in [0.25, 0.3) is 11.0 Å². The Morgan fingerprint density at radius 2 is 1.64 bits per heavy atom. The molecule has 0 aliphatic heterocycles. The molecule has 0 saturated carbocycles. The van der Waals surface area contributed by atoms with Crippen molar-refractivity contribution in [2.24, 2.45) is 12.8 Å². The zero-order valence-corrected chi connectivity index (χ0v) is 21.3. The van der Waals surface area contributed by atoms with E-state index in [0.717, 1.165) is 17.7 Å². The van der Waals surface area contributed by atoms with Crippen molar-refractivity contribution in [3.63, 3.8) is 0 Å². The van der Waals surface area contributed by atoms with Crippen LogP contribution in [0, 0.1) is 0 Å². The Kier molecular flexibility index (Phi) is 7.18. The van der Waals surface area contributed by atoms with E-state index in [9.17, 15) is 27.6 Å². The van der Waals surface area contributed by atoms with Crippen LogP contribution >= 0.6 is 0 Å². The summed E-state index contributed by atoms with van der Waals surface area (Å²) in [5, 5.41) is 10.2. The number of aryl methyl sites for hydroxylation is 1. The molecule has 13 heteroatoms. The van der Waals surface area contributed by atoms with Crippen molar-refractivity contribution in [3.8, 4) is 0 Å². The van der Waals surface area contributed by atoms with Gasteiger partial charge in [-0.05, 0) is 55.8 Å². The number of aromatic nitrogens is 4. The molecule has 39 heavy (non-hydrogen) atoms. The summed E-state index contributed by atoms with van der Waals surface area (Å²) < 4.78 is 41.0. The van der Waals surface area contributed by atoms with Gasteiger partial charge in [0.15, 0.2) is 11.3 Å². The van der Waals surface area contributed by atoms with Gasteiger partial charge in [0.2, 0.25) is 5.91 Å². The summed E-state index contributed by atoms with van der Waals surface area (Å²) in [6.45, 7) is 3.51. The van der Waals surface area contributed by atoms with Gasteiger partial charge in [0.05, 0.1) is 17.3 Å². The molecule has 0 radical (unpaired) electrons. The normalized spacial score (nSPS) is 12.8. The number of anilines is 3. The van der Waals surface area contributed by atoms with Crippen molar-refractivity contribution in [2.75, 3.05) is 17.2 Å². The molecule has 4 N–H and O–H groups in total. The fourth-order valence-electron chi connectivity index (χ4n) is 3.95. The Hall–Kier alpha value is -4.68. The maximum atomic E-state index is 13.3. The van der Waals surface area contributed by atoms with Crippen molar-refractivity contribution in [1.29, 1.82) is 0 Å². The predicted octanol–water partition coefficient (Wildman–Crippen LogP) is 3.51. The molecule has 1 amide bonds. The van der Waals surface area contributed by atoms with Crippen LogP contribution in [0.5, 0.6) is 0 Å². The second-order valence-electron chi connectivity index (χ2n) is 9.48. The van der Waals surface area contributed by atoms with E-state index >= 15 is 0 Å². The Morgan fingerprint density at radius 3 is 2.21 bits per heavy atom. The van der Waals surface area contributed by atoms with Gasteiger partial charge in [0.1, 0.15) is 17.8 Å². The molecule has 10 nitrogen and oxygen atoms in total. The highest BCUT2D eigenvalue weighted by atomic mass is 19.4. The lowest BCUT2D eigenvalue weighted by Gasteiger charge is -2.21. The first-order valence-electron chi connectivity index (χ1n) is 11.8. The van der Waals surface area contributed by atoms with Crippen molar-refractivity contribution in [2.45, 2.75) is 31.5 Å². The Labute approximate surface area is 220 Å². The molecule has 0 fully saturated rings. The second kappa shape index (κ2) is 10.2. The number of primary amides is 1. The number of halogens is 3. The zero-order valence-electron chi connectivity index (χ0n) is 21.3. The first-order valence-corrected chi connectivity index (χ1v) is 11.8. The summed E-state index contributed by atoms with van der Waals surface area (Å²) >= 11 is 0. The highest BCUT2D eigenvalue weighted by Gasteiger charge is 2.30. The van der Waals surface area contributed by atoms with Gasteiger partial charge in [-0.2, -0.15) is 18.3 Å². The van der Waals surface area contributed by atoms with Gasteiger partial charge in [-0.15, -0.1) is 0 Å². The molecule has 4 aromatic rings. The maximum absolute atomic E-state index is 13.3. The lowest BCUT2D eigenvalue weighted by atomic mass is 9.84. The maximum Gasteiger partial charge on any atom is 0.416 e. The molecule has 2 aromatic carbocycles. The summed E-state index contributed by atoms with van der Waals surface area (Å²) in [4.78, 5) is 41.2. The van der Waals surface area contributed by atoms with Crippen LogP contribution in [-0.2, 0) is 28.2 Å². The molecule has 2 aromatic heterocycles. The van der Waals surface area contributed by atoms with Gasteiger partial charge in [-0.1, -0.05) is 12.1 Å². The van der Waals surface area contributed by atoms with E-state index in [0.29, 0.717) is 17.7 Å². The fraction of sp³-hybridized carbons (Fsp3) is 0.269. The molecule has 0 bridgehead atoms. The summed E-state index contributed by atoms with van der Waals surface area (Å²) in [6, 6.07) is 10.5. The van der Waals surface area contributed by atoms with Crippen molar-refractivity contribution < 1.29 is 22.8 Å². The van der Waals surface area contributed by atoms with Crippen LogP contribution in [0.15, 0.2) is 59.7 Å². The summed E-state index contributed by atoms with van der Waals surface area (Å²) in [5.41, 5.74) is 5.34. The number of alkyl halides is 3. The first kappa shape index (κ1) is 27.4. The lowest BCUT2D eigenvalue weighted by molar-refractivity contribution is -0.137. The van der Waals surface area contributed by atoms with Crippen molar-refractivity contribution in [1.82, 2.24) is 19.3 Å². The molecule has 0 aliphatic carbocycles. The minimum Gasteiger partial charge on any atom is -0.383 e. The number of carbonyl (C=O) groups excluding carboxylic acids is 2. The predicted molar refractivity (Wildman–Crippen MR) is 140 cm³/mol. The van der Waals surface area contributed by atoms with E-state index in [4.69, 9.17) is 5.73 Å². The Bertz CT molecular complexity index is 1570. The Balaban J connectivity index is 1.54. The van der Waals surface area contributed by atoms with E-state index in [1.165, 1.54) is 34.8 Å². The average Bonchev–Trinajstić information content (AvgIpc) is 3.20. The minimum atomic E-state index is -4.46. The molecule has 204 valence electrons. The third-order valence-electron chi connectivity index (χ3n) is 6.50. The van der Waals surface area contributed by atoms with Crippen LogP contribution in [0.2, 0.25) is 0 Å².